The van der Waals surface area contributed by atoms with Crippen molar-refractivity contribution in [3.63, 3.8) is 0 Å². The van der Waals surface area contributed by atoms with Crippen molar-refractivity contribution in [3.8, 4) is 11.4 Å². The van der Waals surface area contributed by atoms with Crippen molar-refractivity contribution in [3.05, 3.63) is 35.8 Å². The summed E-state index contributed by atoms with van der Waals surface area (Å²) in [5, 5.41) is 0. The summed E-state index contributed by atoms with van der Waals surface area (Å²) in [5.41, 5.74) is 5.38. The molecule has 0 saturated heterocycles. The summed E-state index contributed by atoms with van der Waals surface area (Å²) in [7, 11) is 0. The highest BCUT2D eigenvalue weighted by molar-refractivity contribution is 5.56. The minimum Gasteiger partial charge on any atom is -0.308 e. The van der Waals surface area contributed by atoms with Gasteiger partial charge in [-0.1, -0.05) is 13.8 Å². The van der Waals surface area contributed by atoms with Gasteiger partial charge >= 0.3 is 0 Å². The van der Waals surface area contributed by atoms with E-state index in [0.717, 1.165) is 17.0 Å². The quantitative estimate of drug-likeness (QED) is 0.638. The van der Waals surface area contributed by atoms with Crippen LogP contribution in [0, 0.1) is 6.92 Å². The number of aryl methyl sites for hydroxylation is 1. The van der Waals surface area contributed by atoms with Crippen LogP contribution in [0.25, 0.3) is 11.4 Å². The second kappa shape index (κ2) is 5.10. The van der Waals surface area contributed by atoms with E-state index in [-0.39, 0.29) is 0 Å². The summed E-state index contributed by atoms with van der Waals surface area (Å²) in [5.74, 6) is 7.01. The molecule has 18 heavy (non-hydrogen) atoms. The molecule has 0 atom stereocenters. The second-order valence-electron chi connectivity index (χ2n) is 4.49. The van der Waals surface area contributed by atoms with Crippen LogP contribution in [0.5, 0.6) is 0 Å². The summed E-state index contributed by atoms with van der Waals surface area (Å²) >= 11 is 0. The standard InChI is InChI=1S/C13H17N5/c1-8(2)11-6-12(18-14)17-13(16-11)10-5-4-9(3)15-7-10/h4-8H,14H2,1-3H3,(H,16,17,18). The predicted octanol–water partition coefficient (Wildman–Crippen LogP) is 2.26. The van der Waals surface area contributed by atoms with Crippen LogP contribution in [0.3, 0.4) is 0 Å². The number of nitrogens with zero attached hydrogens (tertiary/aromatic N) is 3. The molecule has 2 aromatic rings. The molecular weight excluding hydrogens is 226 g/mol. The molecular formula is C13H17N5. The normalized spacial score (nSPS) is 10.7. The molecule has 94 valence electrons. The Morgan fingerprint density at radius 3 is 2.56 bits per heavy atom. The zero-order valence-electron chi connectivity index (χ0n) is 10.8. The Hall–Kier alpha value is -2.01. The van der Waals surface area contributed by atoms with Gasteiger partial charge in [0.15, 0.2) is 5.82 Å². The van der Waals surface area contributed by atoms with Gasteiger partial charge in [0, 0.05) is 29.2 Å². The van der Waals surface area contributed by atoms with E-state index in [0.29, 0.717) is 17.6 Å². The smallest absolute Gasteiger partial charge is 0.163 e. The summed E-state index contributed by atoms with van der Waals surface area (Å²) in [4.78, 5) is 13.1. The molecule has 0 unspecified atom stereocenters. The average Bonchev–Trinajstić information content (AvgIpc) is 2.39. The van der Waals surface area contributed by atoms with Crippen molar-refractivity contribution in [1.82, 2.24) is 15.0 Å². The topological polar surface area (TPSA) is 76.7 Å². The molecule has 2 aromatic heterocycles. The Balaban J connectivity index is 2.49. The van der Waals surface area contributed by atoms with Crippen LogP contribution in [0.15, 0.2) is 24.4 Å². The number of hydrogen-bond acceptors (Lipinski definition) is 5. The van der Waals surface area contributed by atoms with E-state index < -0.39 is 0 Å². The minimum atomic E-state index is 0.317. The lowest BCUT2D eigenvalue weighted by molar-refractivity contribution is 0.817. The minimum absolute atomic E-state index is 0.317. The molecule has 0 bridgehead atoms. The third-order valence-corrected chi connectivity index (χ3v) is 2.65. The van der Waals surface area contributed by atoms with Gasteiger partial charge in [0.25, 0.3) is 0 Å². The number of nitrogen functional groups attached to an aromatic ring is 1. The van der Waals surface area contributed by atoms with Crippen LogP contribution in [-0.2, 0) is 0 Å². The van der Waals surface area contributed by atoms with E-state index in [9.17, 15) is 0 Å². The maximum Gasteiger partial charge on any atom is 0.163 e. The molecule has 0 aromatic carbocycles. The SMILES string of the molecule is Cc1ccc(-c2nc(NN)cc(C(C)C)n2)cn1. The molecule has 0 radical (unpaired) electrons. The summed E-state index contributed by atoms with van der Waals surface area (Å²) < 4.78 is 0. The van der Waals surface area contributed by atoms with Crippen LogP contribution >= 0.6 is 0 Å². The lowest BCUT2D eigenvalue weighted by Crippen LogP contribution is -2.11. The van der Waals surface area contributed by atoms with Gasteiger partial charge < -0.3 is 5.43 Å². The first-order valence-electron chi connectivity index (χ1n) is 5.88. The number of rotatable bonds is 3. The van der Waals surface area contributed by atoms with Gasteiger partial charge in [0.2, 0.25) is 0 Å². The maximum absolute atomic E-state index is 5.43. The van der Waals surface area contributed by atoms with E-state index in [2.05, 4.69) is 34.2 Å². The third kappa shape index (κ3) is 2.62. The lowest BCUT2D eigenvalue weighted by atomic mass is 10.1. The van der Waals surface area contributed by atoms with Gasteiger partial charge in [0.1, 0.15) is 5.82 Å². The van der Waals surface area contributed by atoms with Gasteiger partial charge in [-0.2, -0.15) is 0 Å². The van der Waals surface area contributed by atoms with E-state index >= 15 is 0 Å². The second-order valence-corrected chi connectivity index (χ2v) is 4.49. The fraction of sp³-hybridized carbons (Fsp3) is 0.308. The molecule has 2 heterocycles. The van der Waals surface area contributed by atoms with Gasteiger partial charge in [-0.15, -0.1) is 0 Å². The van der Waals surface area contributed by atoms with E-state index in [4.69, 9.17) is 5.84 Å². The molecule has 0 amide bonds. The monoisotopic (exact) mass is 243 g/mol. The van der Waals surface area contributed by atoms with E-state index in [1.165, 1.54) is 0 Å². The van der Waals surface area contributed by atoms with Crippen molar-refractivity contribution in [2.45, 2.75) is 26.7 Å². The Labute approximate surface area is 106 Å². The number of aromatic nitrogens is 3. The lowest BCUT2D eigenvalue weighted by Gasteiger charge is -2.09. The Bertz CT molecular complexity index is 534. The molecule has 5 nitrogen and oxygen atoms in total. The van der Waals surface area contributed by atoms with Gasteiger partial charge in [-0.25, -0.2) is 15.8 Å². The Morgan fingerprint density at radius 2 is 2.00 bits per heavy atom. The van der Waals surface area contributed by atoms with Crippen molar-refractivity contribution in [1.29, 1.82) is 0 Å². The number of hydrazine groups is 1. The van der Waals surface area contributed by atoms with Crippen LogP contribution in [0.1, 0.15) is 31.2 Å². The van der Waals surface area contributed by atoms with Crippen LogP contribution in [0.4, 0.5) is 5.82 Å². The van der Waals surface area contributed by atoms with Crippen LogP contribution in [0.2, 0.25) is 0 Å². The maximum atomic E-state index is 5.43. The zero-order chi connectivity index (χ0) is 13.1. The van der Waals surface area contributed by atoms with E-state index in [1.807, 2.05) is 25.1 Å². The molecule has 0 spiro atoms. The number of nitrogens with two attached hydrogens (primary N) is 1. The average molecular weight is 243 g/mol. The highest BCUT2D eigenvalue weighted by atomic mass is 15.3. The molecule has 0 fully saturated rings. The van der Waals surface area contributed by atoms with Crippen LogP contribution < -0.4 is 11.3 Å². The van der Waals surface area contributed by atoms with Gasteiger partial charge in [0.05, 0.1) is 0 Å². The number of hydrogen-bond donors (Lipinski definition) is 2. The fourth-order valence-corrected chi connectivity index (χ4v) is 1.56. The first kappa shape index (κ1) is 12.4. The van der Waals surface area contributed by atoms with Crippen molar-refractivity contribution in [2.75, 3.05) is 5.43 Å². The predicted molar refractivity (Wildman–Crippen MR) is 71.9 cm³/mol. The molecule has 0 aliphatic rings. The summed E-state index contributed by atoms with van der Waals surface area (Å²) in [6.45, 7) is 6.11. The number of nitrogens with one attached hydrogen (secondary N) is 1. The molecule has 0 aliphatic heterocycles. The van der Waals surface area contributed by atoms with Crippen molar-refractivity contribution >= 4 is 5.82 Å². The number of anilines is 1. The van der Waals surface area contributed by atoms with Gasteiger partial charge in [-0.3, -0.25) is 4.98 Å². The molecule has 5 heteroatoms. The highest BCUT2D eigenvalue weighted by Crippen LogP contribution is 2.21. The summed E-state index contributed by atoms with van der Waals surface area (Å²) in [6, 6.07) is 5.76. The van der Waals surface area contributed by atoms with Crippen molar-refractivity contribution in [2.24, 2.45) is 5.84 Å². The molecule has 0 saturated carbocycles. The molecule has 2 rings (SSSR count). The zero-order valence-corrected chi connectivity index (χ0v) is 10.8. The van der Waals surface area contributed by atoms with E-state index in [1.54, 1.807) is 6.20 Å². The van der Waals surface area contributed by atoms with Crippen molar-refractivity contribution < 1.29 is 0 Å². The highest BCUT2D eigenvalue weighted by Gasteiger charge is 2.09. The van der Waals surface area contributed by atoms with Crippen LogP contribution in [-0.4, -0.2) is 15.0 Å². The first-order chi connectivity index (χ1) is 8.60. The number of pyridine rings is 1. The Morgan fingerprint density at radius 1 is 1.22 bits per heavy atom. The summed E-state index contributed by atoms with van der Waals surface area (Å²) in [6.07, 6.45) is 1.77. The first-order valence-corrected chi connectivity index (χ1v) is 5.88. The Kier molecular flexibility index (Phi) is 3.53. The molecule has 0 aliphatic carbocycles. The molecule has 3 N–H and O–H groups in total. The van der Waals surface area contributed by atoms with Gasteiger partial charge in [-0.05, 0) is 25.0 Å². The third-order valence-electron chi connectivity index (χ3n) is 2.65. The fourth-order valence-electron chi connectivity index (χ4n) is 1.56. The largest absolute Gasteiger partial charge is 0.308 e.